The number of ketones is 1. The lowest BCUT2D eigenvalue weighted by atomic mass is 9.95. The number of nitrogens with zero attached hydrogens (tertiary/aromatic N) is 2. The van der Waals surface area contributed by atoms with Gasteiger partial charge in [-0.1, -0.05) is 54.6 Å². The van der Waals surface area contributed by atoms with Crippen LogP contribution in [-0.2, 0) is 9.59 Å². The van der Waals surface area contributed by atoms with Crippen molar-refractivity contribution in [3.63, 3.8) is 0 Å². The molecule has 0 bridgehead atoms. The molecule has 3 aromatic carbocycles. The van der Waals surface area contributed by atoms with E-state index in [0.717, 1.165) is 4.90 Å². The molecule has 35 heavy (non-hydrogen) atoms. The number of nitro benzene ring substituents is 1. The third-order valence-corrected chi connectivity index (χ3v) is 5.47. The minimum absolute atomic E-state index is 0.104. The Balaban J connectivity index is 1.85. The van der Waals surface area contributed by atoms with E-state index in [-0.39, 0.29) is 28.1 Å². The number of aromatic carboxylic acids is 1. The predicted molar refractivity (Wildman–Crippen MR) is 127 cm³/mol. The van der Waals surface area contributed by atoms with Crippen LogP contribution in [0.15, 0.2) is 96.3 Å². The molecular formula is C26H18N2O7. The van der Waals surface area contributed by atoms with E-state index in [1.807, 2.05) is 6.07 Å². The lowest BCUT2D eigenvalue weighted by Gasteiger charge is -2.26. The highest BCUT2D eigenvalue weighted by Gasteiger charge is 2.44. The zero-order valence-electron chi connectivity index (χ0n) is 18.1. The number of nitro groups is 1. The summed E-state index contributed by atoms with van der Waals surface area (Å²) in [7, 11) is 0. The van der Waals surface area contributed by atoms with Crippen LogP contribution in [0.4, 0.5) is 11.4 Å². The van der Waals surface area contributed by atoms with E-state index in [1.54, 1.807) is 24.3 Å². The molecule has 4 rings (SSSR count). The van der Waals surface area contributed by atoms with Gasteiger partial charge in [0.05, 0.1) is 22.1 Å². The molecule has 0 aromatic heterocycles. The van der Waals surface area contributed by atoms with Crippen LogP contribution in [0.1, 0.15) is 27.5 Å². The number of carboxylic acid groups (broad SMARTS) is 1. The Bertz CT molecular complexity index is 1410. The highest BCUT2D eigenvalue weighted by molar-refractivity contribution is 6.20. The fourth-order valence-corrected chi connectivity index (χ4v) is 3.86. The molecule has 0 radical (unpaired) electrons. The molecule has 2 N–H and O–H groups in total. The molecule has 3 aromatic rings. The summed E-state index contributed by atoms with van der Waals surface area (Å²) in [5.41, 5.74) is 0.358. The number of hydrogen-bond donors (Lipinski definition) is 2. The van der Waals surface area contributed by atoms with Gasteiger partial charge in [0.2, 0.25) is 0 Å². The Morgan fingerprint density at radius 1 is 0.971 bits per heavy atom. The lowest BCUT2D eigenvalue weighted by molar-refractivity contribution is -0.384. The van der Waals surface area contributed by atoms with E-state index >= 15 is 0 Å². The summed E-state index contributed by atoms with van der Waals surface area (Å²) in [6, 6.07) is 18.5. The zero-order chi connectivity index (χ0) is 25.1. The second kappa shape index (κ2) is 9.44. The van der Waals surface area contributed by atoms with Crippen molar-refractivity contribution in [3.05, 3.63) is 123 Å². The molecule has 0 aliphatic carbocycles. The van der Waals surface area contributed by atoms with Crippen LogP contribution in [0.5, 0.6) is 0 Å². The van der Waals surface area contributed by atoms with Crippen molar-refractivity contribution < 1.29 is 29.5 Å². The number of non-ortho nitro benzene ring substituents is 1. The summed E-state index contributed by atoms with van der Waals surface area (Å²) in [4.78, 5) is 49.6. The maximum Gasteiger partial charge on any atom is 0.335 e. The van der Waals surface area contributed by atoms with E-state index in [9.17, 15) is 34.7 Å². The van der Waals surface area contributed by atoms with Crippen molar-refractivity contribution >= 4 is 35.1 Å². The van der Waals surface area contributed by atoms with Crippen LogP contribution in [0.3, 0.4) is 0 Å². The number of benzene rings is 3. The summed E-state index contributed by atoms with van der Waals surface area (Å²) in [6.07, 6.45) is 2.72. The Hall–Kier alpha value is -5.05. The largest absolute Gasteiger partial charge is 0.503 e. The molecule has 1 atom stereocenters. The highest BCUT2D eigenvalue weighted by atomic mass is 16.6. The van der Waals surface area contributed by atoms with E-state index in [2.05, 4.69) is 0 Å². The molecule has 1 aliphatic rings. The fraction of sp³-hybridized carbons (Fsp3) is 0.0385. The van der Waals surface area contributed by atoms with Gasteiger partial charge < -0.3 is 10.2 Å². The van der Waals surface area contributed by atoms with Gasteiger partial charge in [0.25, 0.3) is 11.6 Å². The summed E-state index contributed by atoms with van der Waals surface area (Å²) >= 11 is 0. The van der Waals surface area contributed by atoms with Crippen LogP contribution in [0.2, 0.25) is 0 Å². The number of hydrogen-bond acceptors (Lipinski definition) is 6. The Morgan fingerprint density at radius 3 is 2.37 bits per heavy atom. The zero-order valence-corrected chi connectivity index (χ0v) is 18.1. The van der Waals surface area contributed by atoms with Crippen molar-refractivity contribution in [1.82, 2.24) is 0 Å². The van der Waals surface area contributed by atoms with Gasteiger partial charge in [-0.2, -0.15) is 0 Å². The summed E-state index contributed by atoms with van der Waals surface area (Å²) < 4.78 is 0. The molecular weight excluding hydrogens is 452 g/mol. The molecule has 9 heteroatoms. The Kier molecular flexibility index (Phi) is 6.23. The first-order valence-corrected chi connectivity index (χ1v) is 10.4. The van der Waals surface area contributed by atoms with Crippen molar-refractivity contribution in [2.45, 2.75) is 6.04 Å². The summed E-state index contributed by atoms with van der Waals surface area (Å²) in [5, 5.41) is 31.5. The number of carbonyl (C=O) groups excluding carboxylic acids is 2. The van der Waals surface area contributed by atoms with Crippen LogP contribution in [-0.4, -0.2) is 32.8 Å². The van der Waals surface area contributed by atoms with Crippen LogP contribution in [0, 0.1) is 10.1 Å². The smallest absolute Gasteiger partial charge is 0.335 e. The first kappa shape index (κ1) is 23.1. The molecule has 1 aliphatic heterocycles. The molecule has 0 spiro atoms. The summed E-state index contributed by atoms with van der Waals surface area (Å²) in [6.45, 7) is 0. The normalized spacial score (nSPS) is 15.6. The van der Waals surface area contributed by atoms with Crippen molar-refractivity contribution in [1.29, 1.82) is 0 Å². The van der Waals surface area contributed by atoms with E-state index in [4.69, 9.17) is 0 Å². The Labute approximate surface area is 199 Å². The third kappa shape index (κ3) is 4.55. The quantitative estimate of drug-likeness (QED) is 0.295. The van der Waals surface area contributed by atoms with E-state index < -0.39 is 34.4 Å². The van der Waals surface area contributed by atoms with Crippen molar-refractivity contribution in [2.24, 2.45) is 0 Å². The molecule has 0 saturated heterocycles. The average Bonchev–Trinajstić information content (AvgIpc) is 3.13. The van der Waals surface area contributed by atoms with Crippen LogP contribution >= 0.6 is 0 Å². The fourth-order valence-electron chi connectivity index (χ4n) is 3.86. The van der Waals surface area contributed by atoms with Gasteiger partial charge in [-0.05, 0) is 35.4 Å². The number of allylic oxidation sites excluding steroid dienone is 1. The number of aliphatic hydroxyl groups excluding tert-OH is 1. The third-order valence-electron chi connectivity index (χ3n) is 5.47. The van der Waals surface area contributed by atoms with Gasteiger partial charge in [-0.25, -0.2) is 4.79 Å². The monoisotopic (exact) mass is 470 g/mol. The van der Waals surface area contributed by atoms with E-state index in [0.29, 0.717) is 5.56 Å². The number of aliphatic hydroxyl groups is 1. The Morgan fingerprint density at radius 2 is 1.69 bits per heavy atom. The number of carbonyl (C=O) groups is 3. The number of rotatable bonds is 7. The minimum Gasteiger partial charge on any atom is -0.503 e. The second-order valence-corrected chi connectivity index (χ2v) is 7.66. The number of anilines is 1. The molecule has 0 saturated carbocycles. The van der Waals surface area contributed by atoms with Crippen LogP contribution in [0.25, 0.3) is 6.08 Å². The number of amides is 1. The predicted octanol–water partition coefficient (Wildman–Crippen LogP) is 4.48. The van der Waals surface area contributed by atoms with Gasteiger partial charge in [0, 0.05) is 17.8 Å². The molecule has 1 amide bonds. The van der Waals surface area contributed by atoms with Gasteiger partial charge in [0.1, 0.15) is 0 Å². The standard InChI is InChI=1S/C26H18N2O7/c29-21(13-12-16-6-2-1-3-7-16)22-23(17-8-4-11-20(14-17)28(34)35)27(25(31)24(22)30)19-10-5-9-18(15-19)26(32)33/h1-15,23,30H,(H,32,33)/b13-12+. The molecule has 0 fully saturated rings. The lowest BCUT2D eigenvalue weighted by Crippen LogP contribution is -2.31. The molecule has 1 unspecified atom stereocenters. The van der Waals surface area contributed by atoms with Gasteiger partial charge in [0.15, 0.2) is 11.5 Å². The molecule has 174 valence electrons. The van der Waals surface area contributed by atoms with Gasteiger partial charge >= 0.3 is 5.97 Å². The average molecular weight is 470 g/mol. The SMILES string of the molecule is O=C(/C=C/c1ccccc1)C1=C(O)C(=O)N(c2cccc(C(=O)O)c2)C1c1cccc([N+](=O)[O-])c1. The highest BCUT2D eigenvalue weighted by Crippen LogP contribution is 2.42. The van der Waals surface area contributed by atoms with Crippen molar-refractivity contribution in [3.8, 4) is 0 Å². The van der Waals surface area contributed by atoms with Crippen molar-refractivity contribution in [2.75, 3.05) is 4.90 Å². The maximum atomic E-state index is 13.2. The first-order chi connectivity index (χ1) is 16.8. The second-order valence-electron chi connectivity index (χ2n) is 7.66. The van der Waals surface area contributed by atoms with Gasteiger partial charge in [-0.15, -0.1) is 0 Å². The van der Waals surface area contributed by atoms with Gasteiger partial charge in [-0.3, -0.25) is 24.6 Å². The number of carboxylic acids is 1. The first-order valence-electron chi connectivity index (χ1n) is 10.4. The topological polar surface area (TPSA) is 138 Å². The minimum atomic E-state index is -1.23. The van der Waals surface area contributed by atoms with E-state index in [1.165, 1.54) is 60.7 Å². The summed E-state index contributed by atoms with van der Waals surface area (Å²) in [5.74, 6) is -3.65. The molecule has 9 nitrogen and oxygen atoms in total. The maximum absolute atomic E-state index is 13.2. The van der Waals surface area contributed by atoms with Crippen LogP contribution < -0.4 is 4.90 Å². The molecule has 1 heterocycles.